The van der Waals surface area contributed by atoms with Crippen LogP contribution in [0.25, 0.3) is 0 Å². The van der Waals surface area contributed by atoms with Crippen LogP contribution < -0.4 is 11.1 Å². The maximum atomic E-state index is 13.1. The van der Waals surface area contributed by atoms with E-state index in [1.807, 2.05) is 5.32 Å². The van der Waals surface area contributed by atoms with Gasteiger partial charge in [0.25, 0.3) is 0 Å². The van der Waals surface area contributed by atoms with Crippen LogP contribution in [0, 0.1) is 11.7 Å². The Morgan fingerprint density at radius 3 is 2.24 bits per heavy atom. The molecule has 10 heteroatoms. The minimum atomic E-state index is -10.2. The van der Waals surface area contributed by atoms with Crippen molar-refractivity contribution in [2.24, 2.45) is 11.7 Å². The third kappa shape index (κ3) is 3.43. The van der Waals surface area contributed by atoms with E-state index >= 15 is 0 Å². The summed E-state index contributed by atoms with van der Waals surface area (Å²) in [6.45, 7) is 0. The molecule has 21 heavy (non-hydrogen) atoms. The monoisotopic (exact) mass is 334 g/mol. The van der Waals surface area contributed by atoms with Crippen molar-refractivity contribution in [3.63, 3.8) is 0 Å². The van der Waals surface area contributed by atoms with Crippen LogP contribution >= 0.6 is 10.2 Å². The van der Waals surface area contributed by atoms with Crippen LogP contribution in [0.4, 0.5) is 29.5 Å². The van der Waals surface area contributed by atoms with Gasteiger partial charge in [0.15, 0.2) is 0 Å². The van der Waals surface area contributed by atoms with Gasteiger partial charge in [-0.25, -0.2) is 4.39 Å². The lowest BCUT2D eigenvalue weighted by Gasteiger charge is -2.40. The van der Waals surface area contributed by atoms with E-state index in [0.29, 0.717) is 12.8 Å². The Kier molecular flexibility index (Phi) is 3.09. The number of nitrogens with two attached hydrogens (primary N) is 1. The van der Waals surface area contributed by atoms with E-state index in [9.17, 15) is 28.6 Å². The molecular formula is C11H12F6N2OS. The summed E-state index contributed by atoms with van der Waals surface area (Å²) in [6, 6.07) is 0.507. The Morgan fingerprint density at radius 1 is 1.19 bits per heavy atom. The maximum absolute atomic E-state index is 13.1. The van der Waals surface area contributed by atoms with Gasteiger partial charge in [-0.3, -0.25) is 4.79 Å². The summed E-state index contributed by atoms with van der Waals surface area (Å²) in [5.74, 6) is -3.35. The SMILES string of the molecule is N[C@@H]1CC[C@@H]1C(=O)Nc1ccc(F)c(S(F)(F)(F)(F)F)c1. The summed E-state index contributed by atoms with van der Waals surface area (Å²) >= 11 is 0. The van der Waals surface area contributed by atoms with E-state index in [4.69, 9.17) is 5.73 Å². The van der Waals surface area contributed by atoms with Crippen molar-refractivity contribution in [1.29, 1.82) is 0 Å². The van der Waals surface area contributed by atoms with Gasteiger partial charge in [0.1, 0.15) is 10.7 Å². The first-order valence-electron chi connectivity index (χ1n) is 5.88. The van der Waals surface area contributed by atoms with Crippen LogP contribution in [0.1, 0.15) is 12.8 Å². The number of nitrogens with one attached hydrogen (secondary N) is 1. The van der Waals surface area contributed by atoms with E-state index < -0.39 is 44.5 Å². The average Bonchev–Trinajstić information content (AvgIpc) is 2.26. The number of carbonyl (C=O) groups excluding carboxylic acids is 1. The molecule has 1 aromatic rings. The van der Waals surface area contributed by atoms with Crippen molar-refractivity contribution in [3.05, 3.63) is 24.0 Å². The molecular weight excluding hydrogens is 322 g/mol. The quantitative estimate of drug-likeness (QED) is 0.816. The first kappa shape index (κ1) is 16.0. The van der Waals surface area contributed by atoms with E-state index in [2.05, 4.69) is 0 Å². The highest BCUT2D eigenvalue weighted by Gasteiger charge is 2.67. The maximum Gasteiger partial charge on any atom is 0.313 e. The Balaban J connectivity index is 2.30. The van der Waals surface area contributed by atoms with Gasteiger partial charge in [-0.1, -0.05) is 19.4 Å². The molecule has 1 aromatic carbocycles. The average molecular weight is 334 g/mol. The summed E-state index contributed by atoms with van der Waals surface area (Å²) in [7, 11) is -10.2. The molecule has 3 nitrogen and oxygen atoms in total. The van der Waals surface area contributed by atoms with Crippen LogP contribution in [0.2, 0.25) is 0 Å². The molecule has 1 aliphatic rings. The number of rotatable bonds is 3. The topological polar surface area (TPSA) is 55.1 Å². The lowest BCUT2D eigenvalue weighted by molar-refractivity contribution is -0.122. The number of anilines is 1. The molecule has 0 saturated heterocycles. The highest BCUT2D eigenvalue weighted by molar-refractivity contribution is 8.45. The number of amides is 1. The summed E-state index contributed by atoms with van der Waals surface area (Å²) in [4.78, 5) is 9.02. The second-order valence-corrected chi connectivity index (χ2v) is 7.33. The molecule has 0 aromatic heterocycles. The van der Waals surface area contributed by atoms with Crippen molar-refractivity contribution >= 4 is 21.8 Å². The molecule has 1 saturated carbocycles. The Bertz CT molecular complexity index is 602. The zero-order chi connectivity index (χ0) is 16.1. The van der Waals surface area contributed by atoms with Gasteiger partial charge < -0.3 is 11.1 Å². The zero-order valence-corrected chi connectivity index (χ0v) is 11.3. The highest BCUT2D eigenvalue weighted by Crippen LogP contribution is 3.02. The fourth-order valence-corrected chi connectivity index (χ4v) is 2.75. The number of hydrogen-bond acceptors (Lipinski definition) is 2. The van der Waals surface area contributed by atoms with E-state index in [-0.39, 0.29) is 12.1 Å². The third-order valence-corrected chi connectivity index (χ3v) is 4.42. The van der Waals surface area contributed by atoms with Gasteiger partial charge in [-0.2, -0.15) is 0 Å². The summed E-state index contributed by atoms with van der Waals surface area (Å²) in [6.07, 6.45) is 1.06. The fourth-order valence-electron chi connectivity index (χ4n) is 1.96. The smallest absolute Gasteiger partial charge is 0.313 e. The molecule has 3 N–H and O–H groups in total. The Labute approximate surface area is 116 Å². The molecule has 0 radical (unpaired) electrons. The van der Waals surface area contributed by atoms with E-state index in [1.54, 1.807) is 0 Å². The van der Waals surface area contributed by atoms with Gasteiger partial charge >= 0.3 is 10.2 Å². The molecule has 120 valence electrons. The first-order valence-corrected chi connectivity index (χ1v) is 7.83. The van der Waals surface area contributed by atoms with E-state index in [0.717, 1.165) is 6.07 Å². The molecule has 1 aliphatic carbocycles. The second-order valence-electron chi connectivity index (χ2n) is 4.95. The number of halogens is 6. The molecule has 0 heterocycles. The lowest BCUT2D eigenvalue weighted by Crippen LogP contribution is -2.46. The summed E-state index contributed by atoms with van der Waals surface area (Å²) < 4.78 is 76.3. The van der Waals surface area contributed by atoms with Crippen LogP contribution in [0.15, 0.2) is 23.1 Å². The Hall–Kier alpha value is -1.42. The molecule has 0 aliphatic heterocycles. The predicted octanol–water partition coefficient (Wildman–Crippen LogP) is 4.16. The van der Waals surface area contributed by atoms with Crippen LogP contribution in [0.5, 0.6) is 0 Å². The molecule has 1 amide bonds. The molecule has 2 atom stereocenters. The molecule has 0 unspecified atom stereocenters. The van der Waals surface area contributed by atoms with Crippen molar-refractivity contribution in [2.75, 3.05) is 5.32 Å². The predicted molar refractivity (Wildman–Crippen MR) is 67.1 cm³/mol. The lowest BCUT2D eigenvalue weighted by atomic mass is 9.79. The van der Waals surface area contributed by atoms with Gasteiger partial charge in [0.2, 0.25) is 5.91 Å². The third-order valence-electron chi connectivity index (χ3n) is 3.28. The van der Waals surface area contributed by atoms with Crippen LogP contribution in [-0.4, -0.2) is 11.9 Å². The van der Waals surface area contributed by atoms with Crippen LogP contribution in [0.3, 0.4) is 0 Å². The van der Waals surface area contributed by atoms with Gasteiger partial charge in [-0.15, -0.1) is 0 Å². The van der Waals surface area contributed by atoms with Crippen molar-refractivity contribution in [1.82, 2.24) is 0 Å². The minimum Gasteiger partial charge on any atom is -0.327 e. The second kappa shape index (κ2) is 4.07. The van der Waals surface area contributed by atoms with Crippen LogP contribution in [-0.2, 0) is 4.79 Å². The standard InChI is InChI=1S/C11H12F6N2OS/c12-8-3-1-6(5-10(8)21(13,14,15,16)17)19-11(20)7-2-4-9(7)18/h1,3,5,7,9H,2,4,18H2,(H,19,20)/t7-,9+/m0/s1. The first-order chi connectivity index (χ1) is 9.27. The Morgan fingerprint density at radius 2 is 1.81 bits per heavy atom. The van der Waals surface area contributed by atoms with Gasteiger partial charge in [0.05, 0.1) is 5.92 Å². The number of carbonyl (C=O) groups is 1. The van der Waals surface area contributed by atoms with E-state index in [1.165, 1.54) is 0 Å². The van der Waals surface area contributed by atoms with Gasteiger partial charge in [0, 0.05) is 11.7 Å². The molecule has 1 fully saturated rings. The summed E-state index contributed by atoms with van der Waals surface area (Å²) in [5.41, 5.74) is 4.98. The van der Waals surface area contributed by atoms with Crippen molar-refractivity contribution in [3.8, 4) is 0 Å². The van der Waals surface area contributed by atoms with Gasteiger partial charge in [-0.05, 0) is 31.0 Å². The minimum absolute atomic E-state index is 0.0982. The molecule has 0 bridgehead atoms. The largest absolute Gasteiger partial charge is 0.327 e. The molecule has 2 rings (SSSR count). The number of benzene rings is 1. The zero-order valence-electron chi connectivity index (χ0n) is 10.5. The highest BCUT2D eigenvalue weighted by atomic mass is 32.5. The molecule has 0 spiro atoms. The fraction of sp³-hybridized carbons (Fsp3) is 0.364. The summed E-state index contributed by atoms with van der Waals surface area (Å²) in [5, 5.41) is 2.05. The number of hydrogen-bond donors (Lipinski definition) is 2. The normalized spacial score (nSPS) is 25.5. The van der Waals surface area contributed by atoms with Crippen molar-refractivity contribution < 1.29 is 28.6 Å². The van der Waals surface area contributed by atoms with Crippen molar-refractivity contribution in [2.45, 2.75) is 23.8 Å².